The van der Waals surface area contributed by atoms with Crippen LogP contribution in [-0.4, -0.2) is 24.5 Å². The van der Waals surface area contributed by atoms with Gasteiger partial charge in [-0.25, -0.2) is 8.42 Å². The fourth-order valence-electron chi connectivity index (χ4n) is 1.78. The number of benzene rings is 1. The fourth-order valence-corrected chi connectivity index (χ4v) is 2.84. The molecule has 1 aromatic heterocycles. The van der Waals surface area contributed by atoms with Crippen LogP contribution in [-0.2, 0) is 16.4 Å². The molecule has 92 valence electrons. The van der Waals surface area contributed by atoms with Crippen molar-refractivity contribution in [2.75, 3.05) is 11.5 Å². The monoisotopic (exact) mass is 271 g/mol. The zero-order valence-corrected chi connectivity index (χ0v) is 11.1. The van der Waals surface area contributed by atoms with Gasteiger partial charge in [0.2, 0.25) is 0 Å². The molecule has 1 heterocycles. The Morgan fingerprint density at radius 3 is 2.76 bits per heavy atom. The number of para-hydroxylation sites is 1. The molecule has 0 N–H and O–H groups in total. The SMILES string of the molecule is CCS(=O)(=O)CCn1ccc2cccc(Cl)c21. The average molecular weight is 272 g/mol. The van der Waals surface area contributed by atoms with Crippen molar-refractivity contribution in [1.29, 1.82) is 0 Å². The minimum atomic E-state index is -2.94. The molecule has 0 aliphatic rings. The van der Waals surface area contributed by atoms with Crippen LogP contribution in [0.4, 0.5) is 0 Å². The molecule has 0 spiro atoms. The fraction of sp³-hybridized carbons (Fsp3) is 0.333. The van der Waals surface area contributed by atoms with E-state index in [0.29, 0.717) is 11.6 Å². The zero-order chi connectivity index (χ0) is 12.5. The summed E-state index contributed by atoms with van der Waals surface area (Å²) in [5.74, 6) is 0.332. The quantitative estimate of drug-likeness (QED) is 0.858. The van der Waals surface area contributed by atoms with Gasteiger partial charge >= 0.3 is 0 Å². The van der Waals surface area contributed by atoms with Crippen LogP contribution in [0.15, 0.2) is 30.5 Å². The molecular weight excluding hydrogens is 258 g/mol. The predicted molar refractivity (Wildman–Crippen MR) is 71.3 cm³/mol. The van der Waals surface area contributed by atoms with Crippen LogP contribution in [0.1, 0.15) is 6.92 Å². The normalized spacial score (nSPS) is 12.1. The molecule has 0 aliphatic carbocycles. The molecule has 2 aromatic rings. The Hall–Kier alpha value is -1.00. The number of sulfone groups is 1. The highest BCUT2D eigenvalue weighted by Crippen LogP contribution is 2.24. The summed E-state index contributed by atoms with van der Waals surface area (Å²) in [6.07, 6.45) is 1.88. The Morgan fingerprint density at radius 2 is 2.06 bits per heavy atom. The molecule has 1 aromatic carbocycles. The van der Waals surface area contributed by atoms with Gasteiger partial charge in [-0.3, -0.25) is 0 Å². The third-order valence-corrected chi connectivity index (χ3v) is 4.81. The summed E-state index contributed by atoms with van der Waals surface area (Å²) in [6.45, 7) is 2.11. The van der Waals surface area contributed by atoms with E-state index in [4.69, 9.17) is 11.6 Å². The van der Waals surface area contributed by atoms with Crippen molar-refractivity contribution in [3.63, 3.8) is 0 Å². The Morgan fingerprint density at radius 1 is 1.29 bits per heavy atom. The topological polar surface area (TPSA) is 39.1 Å². The van der Waals surface area contributed by atoms with Gasteiger partial charge in [0.1, 0.15) is 0 Å². The number of aryl methyl sites for hydroxylation is 1. The standard InChI is InChI=1S/C12H14ClNO2S/c1-2-17(15,16)9-8-14-7-6-10-4-3-5-11(13)12(10)14/h3-7H,2,8-9H2,1H3. The molecule has 0 atom stereocenters. The van der Waals surface area contributed by atoms with Crippen LogP contribution in [0.2, 0.25) is 5.02 Å². The summed E-state index contributed by atoms with van der Waals surface area (Å²) in [5.41, 5.74) is 0.903. The average Bonchev–Trinajstić information content (AvgIpc) is 2.71. The summed E-state index contributed by atoms with van der Waals surface area (Å²) in [5, 5.41) is 1.69. The van der Waals surface area contributed by atoms with E-state index in [1.165, 1.54) is 0 Å². The van der Waals surface area contributed by atoms with Gasteiger partial charge in [0.05, 0.1) is 16.3 Å². The lowest BCUT2D eigenvalue weighted by Crippen LogP contribution is -2.14. The number of nitrogens with zero attached hydrogens (tertiary/aromatic N) is 1. The summed E-state index contributed by atoms with van der Waals surface area (Å²) in [4.78, 5) is 0. The number of hydrogen-bond acceptors (Lipinski definition) is 2. The molecule has 2 rings (SSSR count). The number of fused-ring (bicyclic) bond motifs is 1. The molecule has 0 amide bonds. The van der Waals surface area contributed by atoms with Gasteiger partial charge in [-0.05, 0) is 12.1 Å². The van der Waals surface area contributed by atoms with Gasteiger partial charge in [0.15, 0.2) is 9.84 Å². The van der Waals surface area contributed by atoms with Crippen molar-refractivity contribution in [2.45, 2.75) is 13.5 Å². The number of aromatic nitrogens is 1. The van der Waals surface area contributed by atoms with E-state index in [2.05, 4.69) is 0 Å². The van der Waals surface area contributed by atoms with E-state index in [1.54, 1.807) is 6.92 Å². The lowest BCUT2D eigenvalue weighted by molar-refractivity contribution is 0.591. The third-order valence-electron chi connectivity index (χ3n) is 2.82. The smallest absolute Gasteiger partial charge is 0.151 e. The van der Waals surface area contributed by atoms with Crippen molar-refractivity contribution in [3.8, 4) is 0 Å². The predicted octanol–water partition coefficient (Wildman–Crippen LogP) is 2.73. The molecule has 3 nitrogen and oxygen atoms in total. The molecule has 0 aliphatic heterocycles. The second kappa shape index (κ2) is 4.70. The maximum absolute atomic E-state index is 11.5. The highest BCUT2D eigenvalue weighted by Gasteiger charge is 2.10. The maximum Gasteiger partial charge on any atom is 0.151 e. The molecule has 0 bridgehead atoms. The lowest BCUT2D eigenvalue weighted by atomic mass is 10.2. The Bertz CT molecular complexity index is 631. The van der Waals surface area contributed by atoms with E-state index in [9.17, 15) is 8.42 Å². The summed E-state index contributed by atoms with van der Waals surface area (Å²) in [6, 6.07) is 7.61. The maximum atomic E-state index is 11.5. The van der Waals surface area contributed by atoms with Crippen LogP contribution in [0.25, 0.3) is 10.9 Å². The second-order valence-corrected chi connectivity index (χ2v) is 6.80. The molecule has 17 heavy (non-hydrogen) atoms. The van der Waals surface area contributed by atoms with Crippen LogP contribution in [0.3, 0.4) is 0 Å². The third kappa shape index (κ3) is 2.64. The van der Waals surface area contributed by atoms with Crippen LogP contribution in [0.5, 0.6) is 0 Å². The van der Waals surface area contributed by atoms with E-state index in [-0.39, 0.29) is 11.5 Å². The van der Waals surface area contributed by atoms with Crippen molar-refractivity contribution >= 4 is 32.3 Å². The zero-order valence-electron chi connectivity index (χ0n) is 9.56. The Kier molecular flexibility index (Phi) is 3.45. The number of halogens is 1. The lowest BCUT2D eigenvalue weighted by Gasteiger charge is -2.06. The van der Waals surface area contributed by atoms with Crippen molar-refractivity contribution in [3.05, 3.63) is 35.5 Å². The second-order valence-electron chi connectivity index (χ2n) is 3.92. The van der Waals surface area contributed by atoms with Gasteiger partial charge in [0.25, 0.3) is 0 Å². The largest absolute Gasteiger partial charge is 0.345 e. The summed E-state index contributed by atoms with van der Waals surface area (Å²) >= 11 is 6.12. The van der Waals surface area contributed by atoms with Crippen LogP contribution < -0.4 is 0 Å². The van der Waals surface area contributed by atoms with Gasteiger partial charge in [-0.15, -0.1) is 0 Å². The minimum Gasteiger partial charge on any atom is -0.345 e. The molecular formula is C12H14ClNO2S. The molecule has 0 radical (unpaired) electrons. The summed E-state index contributed by atoms with van der Waals surface area (Å²) in [7, 11) is -2.94. The molecule has 0 saturated carbocycles. The van der Waals surface area contributed by atoms with Crippen molar-refractivity contribution < 1.29 is 8.42 Å². The first kappa shape index (κ1) is 12.5. The highest BCUT2D eigenvalue weighted by atomic mass is 35.5. The Balaban J connectivity index is 2.31. The Labute approximate surface area is 106 Å². The van der Waals surface area contributed by atoms with Gasteiger partial charge < -0.3 is 4.57 Å². The van der Waals surface area contributed by atoms with E-state index in [0.717, 1.165) is 10.9 Å². The first-order valence-electron chi connectivity index (χ1n) is 5.47. The van der Waals surface area contributed by atoms with E-state index < -0.39 is 9.84 Å². The number of rotatable bonds is 4. The molecule has 0 saturated heterocycles. The van der Waals surface area contributed by atoms with Gasteiger partial charge in [-0.2, -0.15) is 0 Å². The van der Waals surface area contributed by atoms with Gasteiger partial charge in [0, 0.05) is 23.9 Å². The van der Waals surface area contributed by atoms with Crippen LogP contribution in [0, 0.1) is 0 Å². The highest BCUT2D eigenvalue weighted by molar-refractivity contribution is 7.91. The van der Waals surface area contributed by atoms with Crippen molar-refractivity contribution in [2.24, 2.45) is 0 Å². The minimum absolute atomic E-state index is 0.151. The molecule has 0 fully saturated rings. The van der Waals surface area contributed by atoms with Gasteiger partial charge in [-0.1, -0.05) is 30.7 Å². The first-order chi connectivity index (χ1) is 8.03. The van der Waals surface area contributed by atoms with E-state index in [1.807, 2.05) is 35.0 Å². The van der Waals surface area contributed by atoms with Crippen molar-refractivity contribution in [1.82, 2.24) is 4.57 Å². The number of hydrogen-bond donors (Lipinski definition) is 0. The van der Waals surface area contributed by atoms with Crippen LogP contribution >= 0.6 is 11.6 Å². The molecule has 0 unspecified atom stereocenters. The molecule has 5 heteroatoms. The first-order valence-corrected chi connectivity index (χ1v) is 7.67. The summed E-state index contributed by atoms with van der Waals surface area (Å²) < 4.78 is 24.8. The van der Waals surface area contributed by atoms with E-state index >= 15 is 0 Å².